The highest BCUT2D eigenvalue weighted by Crippen LogP contribution is 1.95. The molecular formula is C5H10N2O2. The van der Waals surface area contributed by atoms with Gasteiger partial charge in [-0.15, -0.1) is 0 Å². The molecule has 0 radical (unpaired) electrons. The van der Waals surface area contributed by atoms with Crippen LogP contribution < -0.4 is 5.73 Å². The lowest BCUT2D eigenvalue weighted by atomic mass is 10.1. The third-order valence-corrected chi connectivity index (χ3v) is 1.21. The van der Waals surface area contributed by atoms with E-state index < -0.39 is 11.8 Å². The quantitative estimate of drug-likeness (QED) is 0.312. The highest BCUT2D eigenvalue weighted by molar-refractivity contribution is 6.01. The average Bonchev–Trinajstić information content (AvgIpc) is 1.84. The van der Waals surface area contributed by atoms with E-state index in [1.54, 1.807) is 6.92 Å². The Hall–Kier alpha value is -1.06. The van der Waals surface area contributed by atoms with Crippen molar-refractivity contribution >= 4 is 11.6 Å². The Morgan fingerprint density at radius 1 is 1.78 bits per heavy atom. The fourth-order valence-corrected chi connectivity index (χ4v) is 0.292. The first kappa shape index (κ1) is 7.94. The van der Waals surface area contributed by atoms with Gasteiger partial charge in [0.25, 0.3) is 0 Å². The zero-order chi connectivity index (χ0) is 7.44. The van der Waals surface area contributed by atoms with E-state index in [1.165, 1.54) is 6.92 Å². The van der Waals surface area contributed by atoms with Crippen molar-refractivity contribution in [2.45, 2.75) is 13.8 Å². The van der Waals surface area contributed by atoms with Gasteiger partial charge in [0.05, 0.1) is 11.6 Å². The monoisotopic (exact) mass is 130 g/mol. The largest absolute Gasteiger partial charge is 0.411 e. The maximum Gasteiger partial charge on any atom is 0.226 e. The van der Waals surface area contributed by atoms with E-state index in [9.17, 15) is 4.79 Å². The molecule has 1 unspecified atom stereocenters. The van der Waals surface area contributed by atoms with Gasteiger partial charge < -0.3 is 10.9 Å². The number of carbonyl (C=O) groups excluding carboxylic acids is 1. The minimum absolute atomic E-state index is 0.336. The van der Waals surface area contributed by atoms with Crippen LogP contribution in [0.1, 0.15) is 13.8 Å². The Morgan fingerprint density at radius 3 is 2.33 bits per heavy atom. The molecule has 0 aromatic rings. The van der Waals surface area contributed by atoms with E-state index in [0.29, 0.717) is 5.71 Å². The topological polar surface area (TPSA) is 75.7 Å². The maximum atomic E-state index is 10.3. The van der Waals surface area contributed by atoms with Gasteiger partial charge in [0.1, 0.15) is 0 Å². The molecule has 4 heteroatoms. The molecule has 0 aliphatic rings. The van der Waals surface area contributed by atoms with E-state index in [2.05, 4.69) is 5.16 Å². The summed E-state index contributed by atoms with van der Waals surface area (Å²) in [6.45, 7) is 3.12. The lowest BCUT2D eigenvalue weighted by Gasteiger charge is -2.01. The molecule has 0 aliphatic carbocycles. The fourth-order valence-electron chi connectivity index (χ4n) is 0.292. The number of amides is 1. The molecule has 0 bridgehead atoms. The molecule has 9 heavy (non-hydrogen) atoms. The van der Waals surface area contributed by atoms with Gasteiger partial charge in [-0.3, -0.25) is 4.79 Å². The predicted molar refractivity (Wildman–Crippen MR) is 33.3 cm³/mol. The first-order valence-corrected chi connectivity index (χ1v) is 2.57. The summed E-state index contributed by atoms with van der Waals surface area (Å²) in [5.41, 5.74) is 5.22. The lowest BCUT2D eigenvalue weighted by molar-refractivity contribution is -0.119. The highest BCUT2D eigenvalue weighted by atomic mass is 16.4. The summed E-state index contributed by atoms with van der Waals surface area (Å²) in [4.78, 5) is 10.3. The SMILES string of the molecule is C/C(=N\O)C(C)C(N)=O. The molecule has 0 heterocycles. The summed E-state index contributed by atoms with van der Waals surface area (Å²) in [5, 5.41) is 11.0. The van der Waals surface area contributed by atoms with Crippen LogP contribution in [0.4, 0.5) is 0 Å². The number of nitrogens with zero attached hydrogens (tertiary/aromatic N) is 1. The number of carbonyl (C=O) groups is 1. The molecule has 0 fully saturated rings. The van der Waals surface area contributed by atoms with Crippen LogP contribution in [0.2, 0.25) is 0 Å². The third kappa shape index (κ3) is 2.12. The van der Waals surface area contributed by atoms with Gasteiger partial charge in [0.2, 0.25) is 5.91 Å². The van der Waals surface area contributed by atoms with Crippen molar-refractivity contribution in [1.29, 1.82) is 0 Å². The molecule has 0 aliphatic heterocycles. The van der Waals surface area contributed by atoms with Crippen molar-refractivity contribution in [3.05, 3.63) is 0 Å². The molecule has 4 nitrogen and oxygen atoms in total. The predicted octanol–water partition coefficient (Wildman–Crippen LogP) is -0.0421. The number of hydrogen-bond donors (Lipinski definition) is 2. The molecule has 0 saturated heterocycles. The van der Waals surface area contributed by atoms with Crippen molar-refractivity contribution in [2.75, 3.05) is 0 Å². The summed E-state index contributed by atoms with van der Waals surface area (Å²) < 4.78 is 0. The lowest BCUT2D eigenvalue weighted by Crippen LogP contribution is -2.26. The van der Waals surface area contributed by atoms with E-state index >= 15 is 0 Å². The summed E-state index contributed by atoms with van der Waals surface area (Å²) in [5.74, 6) is -0.958. The standard InChI is InChI=1S/C5H10N2O2/c1-3(5(6)8)4(2)7-9/h3,9H,1-2H3,(H2,6,8)/b7-4+. The Bertz CT molecular complexity index is 142. The molecular weight excluding hydrogens is 120 g/mol. The second-order valence-corrected chi connectivity index (χ2v) is 1.87. The smallest absolute Gasteiger partial charge is 0.226 e. The van der Waals surface area contributed by atoms with Crippen molar-refractivity contribution < 1.29 is 10.0 Å². The molecule has 1 atom stereocenters. The Balaban J connectivity index is 4.04. The van der Waals surface area contributed by atoms with Crippen LogP contribution in [0, 0.1) is 5.92 Å². The summed E-state index contributed by atoms with van der Waals surface area (Å²) in [6.07, 6.45) is 0. The molecule has 1 amide bonds. The Kier molecular flexibility index (Phi) is 2.70. The van der Waals surface area contributed by atoms with Gasteiger partial charge in [-0.2, -0.15) is 0 Å². The minimum atomic E-state index is -0.481. The van der Waals surface area contributed by atoms with Crippen molar-refractivity contribution in [1.82, 2.24) is 0 Å². The summed E-state index contributed by atoms with van der Waals surface area (Å²) in [6, 6.07) is 0. The first-order chi connectivity index (χ1) is 4.09. The van der Waals surface area contributed by atoms with E-state index in [-0.39, 0.29) is 0 Å². The van der Waals surface area contributed by atoms with Crippen molar-refractivity contribution in [3.63, 3.8) is 0 Å². The number of primary amides is 1. The van der Waals surface area contributed by atoms with Crippen LogP contribution in [-0.2, 0) is 4.79 Å². The van der Waals surface area contributed by atoms with Crippen LogP contribution in [0.5, 0.6) is 0 Å². The van der Waals surface area contributed by atoms with Gasteiger partial charge in [-0.25, -0.2) is 0 Å². The molecule has 52 valence electrons. The second kappa shape index (κ2) is 3.06. The zero-order valence-corrected chi connectivity index (χ0v) is 5.46. The molecule has 0 spiro atoms. The zero-order valence-electron chi connectivity index (χ0n) is 5.46. The molecule has 0 saturated carbocycles. The van der Waals surface area contributed by atoms with Crippen LogP contribution >= 0.6 is 0 Å². The summed E-state index contributed by atoms with van der Waals surface area (Å²) >= 11 is 0. The van der Waals surface area contributed by atoms with Gasteiger partial charge in [0.15, 0.2) is 0 Å². The van der Waals surface area contributed by atoms with E-state index in [1.807, 2.05) is 0 Å². The Morgan fingerprint density at radius 2 is 2.22 bits per heavy atom. The van der Waals surface area contributed by atoms with Crippen LogP contribution in [-0.4, -0.2) is 16.8 Å². The van der Waals surface area contributed by atoms with Gasteiger partial charge >= 0.3 is 0 Å². The van der Waals surface area contributed by atoms with Crippen molar-refractivity contribution in [2.24, 2.45) is 16.8 Å². The molecule has 0 rings (SSSR count). The average molecular weight is 130 g/mol. The molecule has 0 aromatic carbocycles. The van der Waals surface area contributed by atoms with Crippen molar-refractivity contribution in [3.8, 4) is 0 Å². The van der Waals surface area contributed by atoms with Crippen LogP contribution in [0.3, 0.4) is 0 Å². The normalized spacial score (nSPS) is 15.1. The van der Waals surface area contributed by atoms with Crippen LogP contribution in [0.15, 0.2) is 5.16 Å². The third-order valence-electron chi connectivity index (χ3n) is 1.21. The van der Waals surface area contributed by atoms with Crippen LogP contribution in [0.25, 0.3) is 0 Å². The number of nitrogens with two attached hydrogens (primary N) is 1. The first-order valence-electron chi connectivity index (χ1n) is 2.57. The van der Waals surface area contributed by atoms with Gasteiger partial charge in [0, 0.05) is 0 Å². The molecule has 3 N–H and O–H groups in total. The Labute approximate surface area is 53.3 Å². The number of hydrogen-bond acceptors (Lipinski definition) is 3. The van der Waals surface area contributed by atoms with Gasteiger partial charge in [-0.05, 0) is 13.8 Å². The highest BCUT2D eigenvalue weighted by Gasteiger charge is 2.11. The molecule has 0 aromatic heterocycles. The second-order valence-electron chi connectivity index (χ2n) is 1.87. The van der Waals surface area contributed by atoms with Gasteiger partial charge in [-0.1, -0.05) is 5.16 Å². The number of oxime groups is 1. The van der Waals surface area contributed by atoms with E-state index in [4.69, 9.17) is 10.9 Å². The minimum Gasteiger partial charge on any atom is -0.411 e. The summed E-state index contributed by atoms with van der Waals surface area (Å²) in [7, 11) is 0. The maximum absolute atomic E-state index is 10.3. The fraction of sp³-hybridized carbons (Fsp3) is 0.600. The number of rotatable bonds is 2. The van der Waals surface area contributed by atoms with E-state index in [0.717, 1.165) is 0 Å².